The number of hydrogen-bond acceptors (Lipinski definition) is 4. The van der Waals surface area contributed by atoms with Crippen molar-refractivity contribution in [1.29, 1.82) is 0 Å². The quantitative estimate of drug-likeness (QED) is 0.561. The van der Waals surface area contributed by atoms with Gasteiger partial charge in [-0.1, -0.05) is 36.1 Å². The molecule has 1 fully saturated rings. The molecule has 4 rings (SSSR count). The SMILES string of the molecule is O=C(O)C(=O)O.O=c1cccc2n1C[C@H]1C[C@@H]2CN(CC#Cc2ccccc2)C1. The number of nitrogens with zero attached hydrogens (tertiary/aromatic N) is 2. The van der Waals surface area contributed by atoms with Crippen LogP contribution in [0.3, 0.4) is 0 Å². The van der Waals surface area contributed by atoms with Gasteiger partial charge in [-0.2, -0.15) is 0 Å². The molecular weight excluding hydrogens is 372 g/mol. The maximum atomic E-state index is 12.0. The van der Waals surface area contributed by atoms with Gasteiger partial charge in [-0.3, -0.25) is 9.69 Å². The maximum absolute atomic E-state index is 12.0. The van der Waals surface area contributed by atoms with Gasteiger partial charge in [0.05, 0.1) is 6.54 Å². The van der Waals surface area contributed by atoms with E-state index in [0.29, 0.717) is 11.8 Å². The predicted molar refractivity (Wildman–Crippen MR) is 107 cm³/mol. The van der Waals surface area contributed by atoms with Crippen molar-refractivity contribution in [2.24, 2.45) is 5.92 Å². The lowest BCUT2D eigenvalue weighted by molar-refractivity contribution is -0.159. The van der Waals surface area contributed by atoms with Crippen LogP contribution in [0.2, 0.25) is 0 Å². The lowest BCUT2D eigenvalue weighted by atomic mass is 9.83. The highest BCUT2D eigenvalue weighted by Gasteiger charge is 2.33. The van der Waals surface area contributed by atoms with Crippen LogP contribution in [0.5, 0.6) is 0 Å². The number of pyridine rings is 1. The Hall–Kier alpha value is -3.37. The van der Waals surface area contributed by atoms with Gasteiger partial charge in [0.1, 0.15) is 0 Å². The van der Waals surface area contributed by atoms with E-state index in [9.17, 15) is 4.79 Å². The second-order valence-electron chi connectivity index (χ2n) is 7.17. The molecule has 7 heteroatoms. The molecule has 29 heavy (non-hydrogen) atoms. The molecule has 0 unspecified atom stereocenters. The standard InChI is InChI=1S/C20H20N2O.C2H2O4/c23-20-10-4-9-19-18-12-17(14-22(19)20)13-21(15-18)11-5-8-16-6-2-1-3-7-16;3-1(4)2(5)6/h1-4,6-7,9-10,17-18H,11-15H2;(H,3,4)(H,5,6)/t17-,18+;/m0./s1. The molecule has 3 heterocycles. The van der Waals surface area contributed by atoms with Crippen LogP contribution >= 0.6 is 0 Å². The molecule has 1 saturated heterocycles. The first-order valence-electron chi connectivity index (χ1n) is 9.36. The third-order valence-corrected chi connectivity index (χ3v) is 5.05. The highest BCUT2D eigenvalue weighted by Crippen LogP contribution is 2.34. The number of benzene rings is 1. The van der Waals surface area contributed by atoms with Crippen molar-refractivity contribution in [3.63, 3.8) is 0 Å². The molecule has 0 amide bonds. The summed E-state index contributed by atoms with van der Waals surface area (Å²) in [5, 5.41) is 14.8. The summed E-state index contributed by atoms with van der Waals surface area (Å²) in [6, 6.07) is 15.8. The lowest BCUT2D eigenvalue weighted by Gasteiger charge is -2.42. The van der Waals surface area contributed by atoms with Gasteiger partial charge in [0, 0.05) is 42.9 Å². The minimum Gasteiger partial charge on any atom is -0.473 e. The Bertz CT molecular complexity index is 991. The van der Waals surface area contributed by atoms with E-state index in [4.69, 9.17) is 19.8 Å². The van der Waals surface area contributed by atoms with Gasteiger partial charge in [0.2, 0.25) is 0 Å². The van der Waals surface area contributed by atoms with E-state index in [1.807, 2.05) is 41.0 Å². The largest absolute Gasteiger partial charge is 0.473 e. The summed E-state index contributed by atoms with van der Waals surface area (Å²) in [6.07, 6.45) is 1.20. The Kier molecular flexibility index (Phi) is 6.47. The molecule has 0 saturated carbocycles. The molecule has 0 spiro atoms. The summed E-state index contributed by atoms with van der Waals surface area (Å²) in [7, 11) is 0. The van der Waals surface area contributed by atoms with Crippen LogP contribution in [0.1, 0.15) is 23.6 Å². The molecule has 2 N–H and O–H groups in total. The van der Waals surface area contributed by atoms with Gasteiger partial charge in [0.25, 0.3) is 5.56 Å². The molecule has 0 aliphatic carbocycles. The van der Waals surface area contributed by atoms with Crippen molar-refractivity contribution in [3.05, 3.63) is 70.1 Å². The van der Waals surface area contributed by atoms with E-state index in [1.165, 1.54) is 12.1 Å². The minimum atomic E-state index is -1.82. The molecule has 1 aromatic heterocycles. The highest BCUT2D eigenvalue weighted by atomic mass is 16.4. The number of carboxylic acid groups (broad SMARTS) is 2. The zero-order chi connectivity index (χ0) is 20.8. The monoisotopic (exact) mass is 394 g/mol. The van der Waals surface area contributed by atoms with E-state index < -0.39 is 11.9 Å². The van der Waals surface area contributed by atoms with E-state index in [0.717, 1.165) is 31.7 Å². The van der Waals surface area contributed by atoms with Crippen LogP contribution in [0.15, 0.2) is 53.3 Å². The van der Waals surface area contributed by atoms with Gasteiger partial charge in [0.15, 0.2) is 0 Å². The van der Waals surface area contributed by atoms with E-state index >= 15 is 0 Å². The number of likely N-dealkylation sites (tertiary alicyclic amines) is 1. The van der Waals surface area contributed by atoms with E-state index in [2.05, 4.69) is 22.8 Å². The third-order valence-electron chi connectivity index (χ3n) is 5.05. The molecule has 2 aromatic rings. The Labute approximate surface area is 168 Å². The van der Waals surface area contributed by atoms with Crippen molar-refractivity contribution in [2.45, 2.75) is 18.9 Å². The number of carbonyl (C=O) groups is 2. The van der Waals surface area contributed by atoms with Gasteiger partial charge in [-0.05, 0) is 30.5 Å². The van der Waals surface area contributed by atoms with Crippen LogP contribution in [-0.4, -0.2) is 51.3 Å². The Balaban J connectivity index is 0.000000353. The van der Waals surface area contributed by atoms with Crippen molar-refractivity contribution < 1.29 is 19.8 Å². The summed E-state index contributed by atoms with van der Waals surface area (Å²) in [5.41, 5.74) is 2.42. The van der Waals surface area contributed by atoms with Crippen LogP contribution < -0.4 is 5.56 Å². The van der Waals surface area contributed by atoms with Crippen molar-refractivity contribution in [3.8, 4) is 11.8 Å². The van der Waals surface area contributed by atoms with Gasteiger partial charge in [-0.25, -0.2) is 9.59 Å². The maximum Gasteiger partial charge on any atom is 0.414 e. The Morgan fingerprint density at radius 2 is 1.69 bits per heavy atom. The molecule has 2 aliphatic rings. The topological polar surface area (TPSA) is 99.8 Å². The van der Waals surface area contributed by atoms with Gasteiger partial charge < -0.3 is 14.8 Å². The number of rotatable bonds is 1. The molecule has 7 nitrogen and oxygen atoms in total. The summed E-state index contributed by atoms with van der Waals surface area (Å²) < 4.78 is 1.98. The van der Waals surface area contributed by atoms with E-state index in [-0.39, 0.29) is 5.56 Å². The van der Waals surface area contributed by atoms with Crippen molar-refractivity contribution in [1.82, 2.24) is 9.47 Å². The fourth-order valence-electron chi connectivity index (χ4n) is 3.90. The Morgan fingerprint density at radius 3 is 2.38 bits per heavy atom. The van der Waals surface area contributed by atoms with Crippen LogP contribution in [0.25, 0.3) is 0 Å². The zero-order valence-electron chi connectivity index (χ0n) is 15.8. The fourth-order valence-corrected chi connectivity index (χ4v) is 3.90. The first kappa shape index (κ1) is 20.4. The molecule has 2 atom stereocenters. The zero-order valence-corrected chi connectivity index (χ0v) is 15.8. The van der Waals surface area contributed by atoms with Crippen molar-refractivity contribution in [2.75, 3.05) is 19.6 Å². The van der Waals surface area contributed by atoms with Crippen LogP contribution in [0.4, 0.5) is 0 Å². The number of piperidine rings is 1. The lowest BCUT2D eigenvalue weighted by Crippen LogP contribution is -2.47. The normalized spacial score (nSPS) is 19.6. The smallest absolute Gasteiger partial charge is 0.414 e. The molecule has 2 aliphatic heterocycles. The summed E-state index contributed by atoms with van der Waals surface area (Å²) in [4.78, 5) is 32.7. The van der Waals surface area contributed by atoms with Crippen LogP contribution in [0, 0.1) is 17.8 Å². The van der Waals surface area contributed by atoms with Crippen molar-refractivity contribution >= 4 is 11.9 Å². The number of carboxylic acids is 2. The second kappa shape index (κ2) is 9.22. The van der Waals surface area contributed by atoms with Gasteiger partial charge in [-0.15, -0.1) is 0 Å². The van der Waals surface area contributed by atoms with E-state index in [1.54, 1.807) is 6.07 Å². The first-order chi connectivity index (χ1) is 13.9. The molecule has 0 radical (unpaired) electrons. The first-order valence-corrected chi connectivity index (χ1v) is 9.36. The summed E-state index contributed by atoms with van der Waals surface area (Å²) in [5.74, 6) is 3.93. The number of hydrogen-bond donors (Lipinski definition) is 2. The third kappa shape index (κ3) is 5.33. The average molecular weight is 394 g/mol. The number of aromatic nitrogens is 1. The predicted octanol–water partition coefficient (Wildman–Crippen LogP) is 1.47. The minimum absolute atomic E-state index is 0.148. The molecular formula is C22H22N2O5. The number of aliphatic carboxylic acids is 2. The highest BCUT2D eigenvalue weighted by molar-refractivity contribution is 6.27. The van der Waals surface area contributed by atoms with Gasteiger partial charge >= 0.3 is 11.9 Å². The average Bonchev–Trinajstić information content (AvgIpc) is 2.70. The number of fused-ring (bicyclic) bond motifs is 4. The second-order valence-corrected chi connectivity index (χ2v) is 7.17. The molecule has 2 bridgehead atoms. The molecule has 1 aromatic carbocycles. The molecule has 150 valence electrons. The summed E-state index contributed by atoms with van der Waals surface area (Å²) in [6.45, 7) is 3.71. The van der Waals surface area contributed by atoms with Crippen LogP contribution in [-0.2, 0) is 16.1 Å². The fraction of sp³-hybridized carbons (Fsp3) is 0.318. The Morgan fingerprint density at radius 1 is 0.966 bits per heavy atom. The summed E-state index contributed by atoms with van der Waals surface area (Å²) >= 11 is 0.